The van der Waals surface area contributed by atoms with Crippen molar-refractivity contribution >= 4 is 64.0 Å². The summed E-state index contributed by atoms with van der Waals surface area (Å²) < 4.78 is 4.97. The number of halogens is 2. The lowest BCUT2D eigenvalue weighted by molar-refractivity contribution is -0.120. The van der Waals surface area contributed by atoms with Crippen LogP contribution in [0.15, 0.2) is 83.5 Å². The zero-order valence-electron chi connectivity index (χ0n) is 18.9. The van der Waals surface area contributed by atoms with Crippen LogP contribution in [0.2, 0.25) is 5.02 Å². The molecule has 0 bridgehead atoms. The molecule has 0 aliphatic carbocycles. The predicted octanol–water partition coefficient (Wildman–Crippen LogP) is 5.20. The normalized spacial score (nSPS) is 13.1. The largest absolute Gasteiger partial charge is 0.462 e. The van der Waals surface area contributed by atoms with Crippen LogP contribution in [0.25, 0.3) is 0 Å². The molecular formula is C26H19Cl2N3O5. The Hall–Kier alpha value is -4.14. The van der Waals surface area contributed by atoms with Crippen molar-refractivity contribution in [2.45, 2.75) is 6.92 Å². The van der Waals surface area contributed by atoms with E-state index in [2.05, 4.69) is 10.6 Å². The number of hydrogen-bond acceptors (Lipinski definition) is 6. The van der Waals surface area contributed by atoms with Gasteiger partial charge in [-0.3, -0.25) is 14.4 Å². The number of carbonyl (C=O) groups excluding carboxylic acids is 4. The van der Waals surface area contributed by atoms with Crippen LogP contribution >= 0.6 is 23.2 Å². The van der Waals surface area contributed by atoms with Crippen LogP contribution in [0.4, 0.5) is 17.1 Å². The number of ether oxygens (including phenoxy) is 1. The number of esters is 1. The number of rotatable bonds is 7. The van der Waals surface area contributed by atoms with Crippen molar-refractivity contribution in [2.24, 2.45) is 0 Å². The molecule has 0 fully saturated rings. The maximum atomic E-state index is 12.9. The topological polar surface area (TPSA) is 105 Å². The van der Waals surface area contributed by atoms with Gasteiger partial charge in [0, 0.05) is 22.0 Å². The number of imide groups is 1. The predicted molar refractivity (Wildman–Crippen MR) is 137 cm³/mol. The second kappa shape index (κ2) is 10.6. The van der Waals surface area contributed by atoms with Crippen molar-refractivity contribution in [3.8, 4) is 0 Å². The SMILES string of the molecule is CCOC(=O)c1cccc(NC(=O)c2ccc(NC3=C(Cl)C(=O)N(c4cccc(Cl)c4)C3=O)cc2)c1. The lowest BCUT2D eigenvalue weighted by Crippen LogP contribution is -2.32. The second-order valence-electron chi connectivity index (χ2n) is 7.57. The highest BCUT2D eigenvalue weighted by Gasteiger charge is 2.39. The molecule has 36 heavy (non-hydrogen) atoms. The first kappa shape index (κ1) is 25.0. The van der Waals surface area contributed by atoms with E-state index in [9.17, 15) is 19.2 Å². The smallest absolute Gasteiger partial charge is 0.338 e. The van der Waals surface area contributed by atoms with E-state index in [1.165, 1.54) is 24.3 Å². The number of amides is 3. The van der Waals surface area contributed by atoms with E-state index >= 15 is 0 Å². The van der Waals surface area contributed by atoms with E-state index in [0.29, 0.717) is 33.2 Å². The summed E-state index contributed by atoms with van der Waals surface area (Å²) in [5.41, 5.74) is 1.73. The van der Waals surface area contributed by atoms with Gasteiger partial charge in [-0.15, -0.1) is 0 Å². The average molecular weight is 524 g/mol. The molecule has 0 spiro atoms. The number of carbonyl (C=O) groups is 4. The van der Waals surface area contributed by atoms with Crippen LogP contribution in [0.5, 0.6) is 0 Å². The summed E-state index contributed by atoms with van der Waals surface area (Å²) in [4.78, 5) is 51.0. The summed E-state index contributed by atoms with van der Waals surface area (Å²) in [7, 11) is 0. The molecule has 0 unspecified atom stereocenters. The summed E-state index contributed by atoms with van der Waals surface area (Å²) in [5, 5.41) is 5.68. The van der Waals surface area contributed by atoms with Crippen molar-refractivity contribution in [3.05, 3.63) is 99.7 Å². The van der Waals surface area contributed by atoms with E-state index in [4.69, 9.17) is 27.9 Å². The Bertz CT molecular complexity index is 1400. The zero-order valence-corrected chi connectivity index (χ0v) is 20.4. The maximum Gasteiger partial charge on any atom is 0.338 e. The molecule has 2 N–H and O–H groups in total. The molecule has 4 rings (SSSR count). The van der Waals surface area contributed by atoms with Gasteiger partial charge in [-0.2, -0.15) is 0 Å². The number of nitrogens with one attached hydrogen (secondary N) is 2. The molecular weight excluding hydrogens is 505 g/mol. The Morgan fingerprint density at radius 3 is 2.28 bits per heavy atom. The third-order valence-electron chi connectivity index (χ3n) is 5.14. The van der Waals surface area contributed by atoms with E-state index in [1.807, 2.05) is 0 Å². The molecule has 3 aromatic rings. The van der Waals surface area contributed by atoms with Crippen molar-refractivity contribution in [1.82, 2.24) is 0 Å². The Balaban J connectivity index is 1.45. The fourth-order valence-corrected chi connectivity index (χ4v) is 3.85. The van der Waals surface area contributed by atoms with Crippen LogP contribution < -0.4 is 15.5 Å². The molecule has 0 saturated heterocycles. The average Bonchev–Trinajstić information content (AvgIpc) is 3.07. The number of anilines is 3. The van der Waals surface area contributed by atoms with Crippen molar-refractivity contribution in [3.63, 3.8) is 0 Å². The fourth-order valence-electron chi connectivity index (χ4n) is 3.45. The molecule has 0 atom stereocenters. The lowest BCUT2D eigenvalue weighted by Gasteiger charge is -2.15. The van der Waals surface area contributed by atoms with Crippen LogP contribution in [0.1, 0.15) is 27.6 Å². The molecule has 0 aromatic heterocycles. The van der Waals surface area contributed by atoms with Gasteiger partial charge < -0.3 is 15.4 Å². The molecule has 1 aliphatic rings. The number of hydrogen-bond donors (Lipinski definition) is 2. The van der Waals surface area contributed by atoms with Gasteiger partial charge in [0.15, 0.2) is 0 Å². The van der Waals surface area contributed by atoms with E-state index < -0.39 is 23.7 Å². The van der Waals surface area contributed by atoms with E-state index in [0.717, 1.165) is 4.90 Å². The molecule has 182 valence electrons. The van der Waals surface area contributed by atoms with Gasteiger partial charge >= 0.3 is 5.97 Å². The third kappa shape index (κ3) is 5.25. The quantitative estimate of drug-likeness (QED) is 0.325. The molecule has 3 amide bonds. The van der Waals surface area contributed by atoms with Crippen LogP contribution in [0.3, 0.4) is 0 Å². The summed E-state index contributed by atoms with van der Waals surface area (Å²) in [6, 6.07) is 18.9. The van der Waals surface area contributed by atoms with E-state index in [1.54, 1.807) is 55.5 Å². The van der Waals surface area contributed by atoms with Crippen molar-refractivity contribution in [1.29, 1.82) is 0 Å². The molecule has 1 heterocycles. The van der Waals surface area contributed by atoms with Gasteiger partial charge in [0.2, 0.25) is 0 Å². The van der Waals surface area contributed by atoms with Gasteiger partial charge in [-0.1, -0.05) is 35.3 Å². The van der Waals surface area contributed by atoms with Crippen LogP contribution in [0, 0.1) is 0 Å². The summed E-state index contributed by atoms with van der Waals surface area (Å²) >= 11 is 12.1. The van der Waals surface area contributed by atoms with Crippen LogP contribution in [-0.2, 0) is 14.3 Å². The Morgan fingerprint density at radius 1 is 0.861 bits per heavy atom. The monoisotopic (exact) mass is 523 g/mol. The Kier molecular flexibility index (Phi) is 7.38. The molecule has 8 nitrogen and oxygen atoms in total. The first-order valence-corrected chi connectivity index (χ1v) is 11.5. The first-order valence-electron chi connectivity index (χ1n) is 10.8. The molecule has 10 heteroatoms. The summed E-state index contributed by atoms with van der Waals surface area (Å²) in [5.74, 6) is -2.19. The van der Waals surface area contributed by atoms with Gasteiger partial charge in [-0.05, 0) is 67.6 Å². The second-order valence-corrected chi connectivity index (χ2v) is 8.39. The highest BCUT2D eigenvalue weighted by atomic mass is 35.5. The highest BCUT2D eigenvalue weighted by molar-refractivity contribution is 6.53. The minimum Gasteiger partial charge on any atom is -0.462 e. The minimum absolute atomic E-state index is 0.0883. The Morgan fingerprint density at radius 2 is 1.58 bits per heavy atom. The van der Waals surface area contributed by atoms with Crippen molar-refractivity contribution < 1.29 is 23.9 Å². The minimum atomic E-state index is -0.674. The first-order chi connectivity index (χ1) is 17.3. The van der Waals surface area contributed by atoms with Crippen molar-refractivity contribution in [2.75, 3.05) is 22.1 Å². The van der Waals surface area contributed by atoms with E-state index in [-0.39, 0.29) is 17.3 Å². The number of benzene rings is 3. The molecule has 0 saturated carbocycles. The van der Waals surface area contributed by atoms with Gasteiger partial charge in [0.1, 0.15) is 10.7 Å². The standard InChI is InChI=1S/C26H19Cl2N3O5/c1-2-36-26(35)16-5-3-7-19(13-16)30-23(32)15-9-11-18(12-10-15)29-22-21(28)24(33)31(25(22)34)20-8-4-6-17(27)14-20/h3-14,29H,2H2,1H3,(H,30,32). The lowest BCUT2D eigenvalue weighted by atomic mass is 10.1. The molecule has 3 aromatic carbocycles. The van der Waals surface area contributed by atoms with Gasteiger partial charge in [0.05, 0.1) is 17.9 Å². The molecule has 0 radical (unpaired) electrons. The van der Waals surface area contributed by atoms with Crippen LogP contribution in [-0.4, -0.2) is 30.3 Å². The summed E-state index contributed by atoms with van der Waals surface area (Å²) in [6.07, 6.45) is 0. The Labute approximate surface area is 216 Å². The number of nitrogens with zero attached hydrogens (tertiary/aromatic N) is 1. The maximum absolute atomic E-state index is 12.9. The zero-order chi connectivity index (χ0) is 25.8. The van der Waals surface area contributed by atoms with Gasteiger partial charge in [-0.25, -0.2) is 9.69 Å². The summed E-state index contributed by atoms with van der Waals surface area (Å²) in [6.45, 7) is 1.96. The highest BCUT2D eigenvalue weighted by Crippen LogP contribution is 2.31. The van der Waals surface area contributed by atoms with Gasteiger partial charge in [0.25, 0.3) is 17.7 Å². The third-order valence-corrected chi connectivity index (χ3v) is 5.73. The fraction of sp³-hybridized carbons (Fsp3) is 0.0769. The molecule has 1 aliphatic heterocycles.